The summed E-state index contributed by atoms with van der Waals surface area (Å²) in [4.78, 5) is 0. The van der Waals surface area contributed by atoms with Gasteiger partial charge in [-0.05, 0) is 87.4 Å². The Morgan fingerprint density at radius 3 is 2.46 bits per heavy atom. The van der Waals surface area contributed by atoms with Crippen molar-refractivity contribution in [2.24, 2.45) is 7.05 Å². The lowest BCUT2D eigenvalue weighted by atomic mass is 9.88. The molecule has 35 heavy (non-hydrogen) atoms. The van der Waals surface area contributed by atoms with Gasteiger partial charge in [-0.3, -0.25) is 5.10 Å². The minimum Gasteiger partial charge on any atom is -0.306 e. The number of pyridine rings is 1. The number of hydrogen-bond donors (Lipinski definition) is 1. The number of tetrazole rings is 1. The number of aromatic amines is 1. The molecule has 7 nitrogen and oxygen atoms in total. The van der Waals surface area contributed by atoms with Crippen LogP contribution in [0.1, 0.15) is 22.9 Å². The van der Waals surface area contributed by atoms with Crippen LogP contribution in [0.3, 0.4) is 0 Å². The molecule has 10 heteroatoms. The summed E-state index contributed by atoms with van der Waals surface area (Å²) < 4.78 is 4.18. The fraction of sp³-hybridized carbons (Fsp3) is 0.0800. The topological polar surface area (TPSA) is 76.7 Å². The molecule has 3 heterocycles. The molecule has 1 N–H and O–H groups in total. The van der Waals surface area contributed by atoms with Crippen LogP contribution in [0.15, 0.2) is 72.8 Å². The first kappa shape index (κ1) is 21.9. The van der Waals surface area contributed by atoms with Crippen molar-refractivity contribution >= 4 is 52.0 Å². The Labute approximate surface area is 214 Å². The predicted molar refractivity (Wildman–Crippen MR) is 140 cm³/mol. The second-order valence-corrected chi connectivity index (χ2v) is 9.48. The number of halogens is 2. The number of fused-ring (bicyclic) bond motifs is 3. The third kappa shape index (κ3) is 3.80. The number of rotatable bonds is 4. The first-order chi connectivity index (χ1) is 17.0. The predicted octanol–water partition coefficient (Wildman–Crippen LogP) is 6.22. The van der Waals surface area contributed by atoms with Crippen molar-refractivity contribution in [3.8, 4) is 11.1 Å². The van der Waals surface area contributed by atoms with Crippen molar-refractivity contribution in [2.75, 3.05) is 0 Å². The van der Waals surface area contributed by atoms with E-state index in [1.807, 2.05) is 72.3 Å². The summed E-state index contributed by atoms with van der Waals surface area (Å²) in [5, 5.41) is 22.0. The zero-order valence-electron chi connectivity index (χ0n) is 18.4. The second kappa shape index (κ2) is 8.57. The maximum absolute atomic E-state index is 6.34. The van der Waals surface area contributed by atoms with E-state index in [2.05, 4.69) is 37.9 Å². The maximum atomic E-state index is 6.34. The summed E-state index contributed by atoms with van der Waals surface area (Å²) in [6, 6.07) is 23.8. The standard InChI is InChI=1S/C25H17Cl2N7S/c1-33-24(29-30-25(33)35)23(14-5-8-17(26)9-6-14)16-7-10-21-20(12-16)19(13-22-28-31-32-34(21)22)15-3-2-4-18(27)11-15/h2-13,23H,1H3,(H,30,35). The van der Waals surface area contributed by atoms with Gasteiger partial charge in [-0.25, -0.2) is 0 Å². The Balaban J connectivity index is 1.65. The Kier molecular flexibility index (Phi) is 5.36. The zero-order valence-corrected chi connectivity index (χ0v) is 20.7. The Hall–Kier alpha value is -3.59. The fourth-order valence-electron chi connectivity index (χ4n) is 4.45. The van der Waals surface area contributed by atoms with E-state index in [9.17, 15) is 0 Å². The van der Waals surface area contributed by atoms with E-state index in [1.54, 1.807) is 4.52 Å². The van der Waals surface area contributed by atoms with Crippen molar-refractivity contribution in [1.82, 2.24) is 34.8 Å². The van der Waals surface area contributed by atoms with Crippen molar-refractivity contribution in [3.63, 3.8) is 0 Å². The molecular formula is C25H17Cl2N7S. The number of nitrogens with zero attached hydrogens (tertiary/aromatic N) is 6. The molecule has 0 saturated carbocycles. The first-order valence-corrected chi connectivity index (χ1v) is 11.9. The SMILES string of the molecule is Cn1c(C(c2ccc(Cl)cc2)c2ccc3c(c2)c(-c2cccc(Cl)c2)cc2nnnn23)n[nH]c1=S. The molecule has 0 amide bonds. The van der Waals surface area contributed by atoms with Gasteiger partial charge in [0, 0.05) is 22.5 Å². The van der Waals surface area contributed by atoms with Gasteiger partial charge >= 0.3 is 0 Å². The van der Waals surface area contributed by atoms with E-state index < -0.39 is 0 Å². The molecule has 3 aromatic heterocycles. The van der Waals surface area contributed by atoms with Gasteiger partial charge < -0.3 is 4.57 Å². The van der Waals surface area contributed by atoms with Gasteiger partial charge in [0.1, 0.15) is 5.82 Å². The molecule has 3 aromatic carbocycles. The molecule has 172 valence electrons. The molecule has 1 unspecified atom stereocenters. The summed E-state index contributed by atoms with van der Waals surface area (Å²) in [7, 11) is 1.91. The summed E-state index contributed by atoms with van der Waals surface area (Å²) in [6.45, 7) is 0. The summed E-state index contributed by atoms with van der Waals surface area (Å²) in [5.41, 5.74) is 5.58. The van der Waals surface area contributed by atoms with Gasteiger partial charge in [0.2, 0.25) is 0 Å². The fourth-order valence-corrected chi connectivity index (χ4v) is 4.91. The minimum absolute atomic E-state index is 0.189. The van der Waals surface area contributed by atoms with Crippen molar-refractivity contribution < 1.29 is 0 Å². The maximum Gasteiger partial charge on any atom is 0.194 e. The van der Waals surface area contributed by atoms with Crippen LogP contribution >= 0.6 is 35.4 Å². The van der Waals surface area contributed by atoms with Crippen LogP contribution in [0.25, 0.3) is 27.7 Å². The number of nitrogens with one attached hydrogen (secondary N) is 1. The smallest absolute Gasteiger partial charge is 0.194 e. The normalized spacial score (nSPS) is 12.4. The van der Waals surface area contributed by atoms with Gasteiger partial charge in [-0.1, -0.05) is 53.5 Å². The van der Waals surface area contributed by atoms with Gasteiger partial charge in [0.15, 0.2) is 10.4 Å². The largest absolute Gasteiger partial charge is 0.306 e. The highest BCUT2D eigenvalue weighted by molar-refractivity contribution is 7.71. The molecule has 0 fully saturated rings. The lowest BCUT2D eigenvalue weighted by Gasteiger charge is -2.19. The minimum atomic E-state index is -0.189. The molecular weight excluding hydrogens is 501 g/mol. The van der Waals surface area contributed by atoms with Crippen LogP contribution in [-0.2, 0) is 7.05 Å². The summed E-state index contributed by atoms with van der Waals surface area (Å²) >= 11 is 17.9. The van der Waals surface area contributed by atoms with E-state index in [4.69, 9.17) is 35.4 Å². The van der Waals surface area contributed by atoms with Crippen molar-refractivity contribution in [3.05, 3.63) is 105 Å². The van der Waals surface area contributed by atoms with E-state index >= 15 is 0 Å². The number of hydrogen-bond acceptors (Lipinski definition) is 5. The zero-order chi connectivity index (χ0) is 24.1. The molecule has 1 atom stereocenters. The van der Waals surface area contributed by atoms with Crippen LogP contribution in [-0.4, -0.2) is 34.8 Å². The third-order valence-electron chi connectivity index (χ3n) is 6.15. The van der Waals surface area contributed by atoms with E-state index in [1.165, 1.54) is 0 Å². The van der Waals surface area contributed by atoms with Crippen molar-refractivity contribution in [1.29, 1.82) is 0 Å². The molecule has 0 bridgehead atoms. The molecule has 0 spiro atoms. The van der Waals surface area contributed by atoms with E-state index in [0.29, 0.717) is 20.5 Å². The average Bonchev–Trinajstić information content (AvgIpc) is 3.47. The molecule has 0 saturated heterocycles. The third-order valence-corrected chi connectivity index (χ3v) is 7.00. The van der Waals surface area contributed by atoms with Gasteiger partial charge in [-0.2, -0.15) is 9.61 Å². The molecule has 0 radical (unpaired) electrons. The quantitative estimate of drug-likeness (QED) is 0.280. The van der Waals surface area contributed by atoms with Crippen LogP contribution in [0, 0.1) is 4.77 Å². The first-order valence-electron chi connectivity index (χ1n) is 10.8. The van der Waals surface area contributed by atoms with E-state index in [-0.39, 0.29) is 5.92 Å². The summed E-state index contributed by atoms with van der Waals surface area (Å²) in [5.74, 6) is 0.607. The van der Waals surface area contributed by atoms with Crippen LogP contribution < -0.4 is 0 Å². The molecule has 0 aliphatic carbocycles. The van der Waals surface area contributed by atoms with Crippen molar-refractivity contribution in [2.45, 2.75) is 5.92 Å². The second-order valence-electron chi connectivity index (χ2n) is 8.22. The number of H-pyrrole nitrogens is 1. The van der Waals surface area contributed by atoms with Gasteiger partial charge in [0.05, 0.1) is 11.4 Å². The van der Waals surface area contributed by atoms with Gasteiger partial charge in [0.25, 0.3) is 0 Å². The highest BCUT2D eigenvalue weighted by Gasteiger charge is 2.23. The molecule has 0 aliphatic heterocycles. The Morgan fingerprint density at radius 1 is 0.914 bits per heavy atom. The average molecular weight is 518 g/mol. The Bertz CT molecular complexity index is 1770. The van der Waals surface area contributed by atoms with Gasteiger partial charge in [-0.15, -0.1) is 5.10 Å². The molecule has 6 aromatic rings. The van der Waals surface area contributed by atoms with Crippen LogP contribution in [0.4, 0.5) is 0 Å². The molecule has 0 aliphatic rings. The highest BCUT2D eigenvalue weighted by Crippen LogP contribution is 2.37. The lowest BCUT2D eigenvalue weighted by Crippen LogP contribution is -2.10. The number of aromatic nitrogens is 7. The highest BCUT2D eigenvalue weighted by atomic mass is 35.5. The lowest BCUT2D eigenvalue weighted by molar-refractivity contribution is 0.757. The monoisotopic (exact) mass is 517 g/mol. The van der Waals surface area contributed by atoms with Crippen LogP contribution in [0.2, 0.25) is 10.0 Å². The number of benzene rings is 3. The summed E-state index contributed by atoms with van der Waals surface area (Å²) in [6.07, 6.45) is 0. The van der Waals surface area contributed by atoms with Crippen LogP contribution in [0.5, 0.6) is 0 Å². The van der Waals surface area contributed by atoms with E-state index in [0.717, 1.165) is 39.0 Å². The molecule has 6 rings (SSSR count). The Morgan fingerprint density at radius 2 is 1.71 bits per heavy atom.